The van der Waals surface area contributed by atoms with Gasteiger partial charge in [-0.3, -0.25) is 0 Å². The van der Waals surface area contributed by atoms with E-state index < -0.39 is 0 Å². The third-order valence-corrected chi connectivity index (χ3v) is 1.94. The minimum Gasteiger partial charge on any atom is -0.391 e. The SMILES string of the molecule is CC(C)C1=NO[C@H](CCl)C1. The molecule has 0 aromatic carbocycles. The van der Waals surface area contributed by atoms with Crippen LogP contribution >= 0.6 is 11.6 Å². The zero-order chi connectivity index (χ0) is 7.56. The molecule has 58 valence electrons. The van der Waals surface area contributed by atoms with Crippen molar-refractivity contribution in [1.82, 2.24) is 0 Å². The third-order valence-electron chi connectivity index (χ3n) is 1.59. The molecule has 0 amide bonds. The molecule has 10 heavy (non-hydrogen) atoms. The summed E-state index contributed by atoms with van der Waals surface area (Å²) in [5.74, 6) is 1.04. The summed E-state index contributed by atoms with van der Waals surface area (Å²) in [7, 11) is 0. The fraction of sp³-hybridized carbons (Fsp3) is 0.857. The van der Waals surface area contributed by atoms with E-state index in [2.05, 4.69) is 19.0 Å². The van der Waals surface area contributed by atoms with E-state index >= 15 is 0 Å². The summed E-state index contributed by atoms with van der Waals surface area (Å²) in [6, 6.07) is 0. The van der Waals surface area contributed by atoms with Crippen LogP contribution in [0.1, 0.15) is 20.3 Å². The summed E-state index contributed by atoms with van der Waals surface area (Å²) in [5.41, 5.74) is 1.13. The monoisotopic (exact) mass is 161 g/mol. The normalized spacial score (nSPS) is 24.8. The van der Waals surface area contributed by atoms with Crippen LogP contribution in [-0.2, 0) is 4.84 Å². The van der Waals surface area contributed by atoms with Crippen molar-refractivity contribution in [2.75, 3.05) is 5.88 Å². The Bertz CT molecular complexity index is 145. The van der Waals surface area contributed by atoms with Gasteiger partial charge in [-0.1, -0.05) is 19.0 Å². The van der Waals surface area contributed by atoms with E-state index in [1.807, 2.05) is 0 Å². The molecule has 0 bridgehead atoms. The lowest BCUT2D eigenvalue weighted by molar-refractivity contribution is 0.102. The molecule has 0 aromatic rings. The number of rotatable bonds is 2. The van der Waals surface area contributed by atoms with Crippen molar-refractivity contribution < 1.29 is 4.84 Å². The van der Waals surface area contributed by atoms with Crippen LogP contribution in [0.15, 0.2) is 5.16 Å². The summed E-state index contributed by atoms with van der Waals surface area (Å²) in [4.78, 5) is 5.03. The Morgan fingerprint density at radius 1 is 1.80 bits per heavy atom. The lowest BCUT2D eigenvalue weighted by Gasteiger charge is -2.01. The quantitative estimate of drug-likeness (QED) is 0.568. The van der Waals surface area contributed by atoms with Gasteiger partial charge in [-0.2, -0.15) is 0 Å². The van der Waals surface area contributed by atoms with E-state index in [-0.39, 0.29) is 6.10 Å². The van der Waals surface area contributed by atoms with Crippen molar-refractivity contribution in [2.24, 2.45) is 11.1 Å². The second kappa shape index (κ2) is 3.24. The van der Waals surface area contributed by atoms with Gasteiger partial charge in [0.05, 0.1) is 11.6 Å². The van der Waals surface area contributed by atoms with Crippen molar-refractivity contribution in [3.05, 3.63) is 0 Å². The molecule has 0 aromatic heterocycles. The van der Waals surface area contributed by atoms with E-state index in [1.165, 1.54) is 0 Å². The Kier molecular flexibility index (Phi) is 2.55. The van der Waals surface area contributed by atoms with Gasteiger partial charge in [0.1, 0.15) is 6.10 Å². The Morgan fingerprint density at radius 2 is 2.50 bits per heavy atom. The highest BCUT2D eigenvalue weighted by Crippen LogP contribution is 2.16. The molecule has 2 nitrogen and oxygen atoms in total. The first-order valence-electron chi connectivity index (χ1n) is 3.52. The highest BCUT2D eigenvalue weighted by atomic mass is 35.5. The molecule has 0 fully saturated rings. The van der Waals surface area contributed by atoms with Crippen molar-refractivity contribution >= 4 is 17.3 Å². The summed E-state index contributed by atoms with van der Waals surface area (Å²) < 4.78 is 0. The summed E-state index contributed by atoms with van der Waals surface area (Å²) >= 11 is 5.58. The van der Waals surface area contributed by atoms with Crippen molar-refractivity contribution in [1.29, 1.82) is 0 Å². The minimum absolute atomic E-state index is 0.124. The van der Waals surface area contributed by atoms with E-state index in [0.717, 1.165) is 12.1 Å². The number of halogens is 1. The molecule has 0 N–H and O–H groups in total. The van der Waals surface area contributed by atoms with Gasteiger partial charge in [-0.15, -0.1) is 11.6 Å². The molecule has 1 aliphatic rings. The highest BCUT2D eigenvalue weighted by Gasteiger charge is 2.21. The lowest BCUT2D eigenvalue weighted by Crippen LogP contribution is -2.12. The van der Waals surface area contributed by atoms with Crippen molar-refractivity contribution in [2.45, 2.75) is 26.4 Å². The van der Waals surface area contributed by atoms with Gasteiger partial charge in [0.15, 0.2) is 0 Å². The highest BCUT2D eigenvalue weighted by molar-refractivity contribution is 6.18. The summed E-state index contributed by atoms with van der Waals surface area (Å²) in [6.07, 6.45) is 1.03. The molecule has 1 atom stereocenters. The van der Waals surface area contributed by atoms with E-state index in [1.54, 1.807) is 0 Å². The molecular formula is C7H12ClNO. The van der Waals surface area contributed by atoms with Gasteiger partial charge in [0, 0.05) is 6.42 Å². The number of alkyl halides is 1. The third kappa shape index (κ3) is 1.63. The van der Waals surface area contributed by atoms with E-state index in [4.69, 9.17) is 16.4 Å². The topological polar surface area (TPSA) is 21.6 Å². The molecule has 0 aliphatic carbocycles. The second-order valence-electron chi connectivity index (χ2n) is 2.82. The molecule has 0 radical (unpaired) electrons. The van der Waals surface area contributed by atoms with Crippen LogP contribution < -0.4 is 0 Å². The average molecular weight is 162 g/mol. The Morgan fingerprint density at radius 3 is 2.80 bits per heavy atom. The Labute approximate surface area is 66.2 Å². The molecule has 0 saturated carbocycles. The predicted molar refractivity (Wildman–Crippen MR) is 42.5 cm³/mol. The number of oxime groups is 1. The fourth-order valence-corrected chi connectivity index (χ4v) is 1.04. The van der Waals surface area contributed by atoms with Crippen LogP contribution in [0.3, 0.4) is 0 Å². The number of hydrogen-bond donors (Lipinski definition) is 0. The largest absolute Gasteiger partial charge is 0.391 e. The molecule has 0 saturated heterocycles. The van der Waals surface area contributed by atoms with Crippen LogP contribution in [0.25, 0.3) is 0 Å². The predicted octanol–water partition coefficient (Wildman–Crippen LogP) is 2.03. The molecule has 3 heteroatoms. The van der Waals surface area contributed by atoms with Crippen LogP contribution in [0.4, 0.5) is 0 Å². The summed E-state index contributed by atoms with van der Waals surface area (Å²) in [5, 5.41) is 3.92. The fourth-order valence-electron chi connectivity index (χ4n) is 0.874. The first-order valence-corrected chi connectivity index (χ1v) is 4.06. The average Bonchev–Trinajstić information content (AvgIpc) is 2.34. The van der Waals surface area contributed by atoms with Gasteiger partial charge >= 0.3 is 0 Å². The van der Waals surface area contributed by atoms with Crippen molar-refractivity contribution in [3.8, 4) is 0 Å². The summed E-state index contributed by atoms with van der Waals surface area (Å²) in [6.45, 7) is 4.22. The molecule has 1 aliphatic heterocycles. The van der Waals surface area contributed by atoms with Crippen molar-refractivity contribution in [3.63, 3.8) is 0 Å². The maximum Gasteiger partial charge on any atom is 0.146 e. The number of nitrogens with zero attached hydrogens (tertiary/aromatic N) is 1. The molecule has 1 heterocycles. The Hall–Kier alpha value is -0.240. The van der Waals surface area contributed by atoms with Gasteiger partial charge in [-0.05, 0) is 5.92 Å². The van der Waals surface area contributed by atoms with Gasteiger partial charge in [-0.25, -0.2) is 0 Å². The second-order valence-corrected chi connectivity index (χ2v) is 3.13. The molecule has 0 unspecified atom stereocenters. The first-order chi connectivity index (χ1) is 4.74. The van der Waals surface area contributed by atoms with E-state index in [9.17, 15) is 0 Å². The number of hydrogen-bond acceptors (Lipinski definition) is 2. The minimum atomic E-state index is 0.124. The maximum atomic E-state index is 5.58. The molecule has 0 spiro atoms. The van der Waals surface area contributed by atoms with Gasteiger partial charge in [0.25, 0.3) is 0 Å². The van der Waals surface area contributed by atoms with Crippen LogP contribution in [0.2, 0.25) is 0 Å². The molecule has 1 rings (SSSR count). The van der Waals surface area contributed by atoms with Gasteiger partial charge < -0.3 is 4.84 Å². The van der Waals surface area contributed by atoms with Gasteiger partial charge in [0.2, 0.25) is 0 Å². The zero-order valence-electron chi connectivity index (χ0n) is 6.30. The maximum absolute atomic E-state index is 5.58. The smallest absolute Gasteiger partial charge is 0.146 e. The lowest BCUT2D eigenvalue weighted by atomic mass is 10.0. The van der Waals surface area contributed by atoms with Crippen LogP contribution in [0, 0.1) is 5.92 Å². The van der Waals surface area contributed by atoms with E-state index in [0.29, 0.717) is 11.8 Å². The molecular weight excluding hydrogens is 150 g/mol. The first kappa shape index (κ1) is 7.86. The van der Waals surface area contributed by atoms with Crippen LogP contribution in [-0.4, -0.2) is 17.7 Å². The van der Waals surface area contributed by atoms with Crippen LogP contribution in [0.5, 0.6) is 0 Å². The zero-order valence-corrected chi connectivity index (χ0v) is 7.06. The standard InChI is InChI=1S/C7H12ClNO/c1-5(2)7-3-6(4-8)10-9-7/h5-6H,3-4H2,1-2H3/t6-/m0/s1. The Balaban J connectivity index is 2.39.